The molecule has 2 rings (SSSR count). The van der Waals surface area contributed by atoms with E-state index in [-0.39, 0.29) is 0 Å². The van der Waals surface area contributed by atoms with Crippen molar-refractivity contribution in [1.82, 2.24) is 4.90 Å². The number of nitrogens with zero attached hydrogens (tertiary/aromatic N) is 1. The number of hydrogen-bond donors (Lipinski definition) is 1. The molecule has 0 bridgehead atoms. The summed E-state index contributed by atoms with van der Waals surface area (Å²) in [6, 6.07) is 6.59. The van der Waals surface area contributed by atoms with Crippen molar-refractivity contribution in [2.24, 2.45) is 0 Å². The van der Waals surface area contributed by atoms with Gasteiger partial charge in [0.25, 0.3) is 5.91 Å². The molecule has 2 amide bonds. The highest BCUT2D eigenvalue weighted by atomic mass is 32.2. The first kappa shape index (κ1) is 17.3. The van der Waals surface area contributed by atoms with Crippen LogP contribution in [0, 0.1) is 0 Å². The molecule has 7 heteroatoms. The Bertz CT molecular complexity index is 659. The number of fused-ring (bicyclic) bond motifs is 1. The van der Waals surface area contributed by atoms with Crippen LogP contribution in [0.4, 0.5) is 5.69 Å². The molecule has 0 aliphatic carbocycles. The lowest BCUT2D eigenvalue weighted by Gasteiger charge is -2.25. The first-order chi connectivity index (χ1) is 11.0. The summed E-state index contributed by atoms with van der Waals surface area (Å²) >= 11 is 0. The van der Waals surface area contributed by atoms with Gasteiger partial charge in [-0.1, -0.05) is 25.5 Å². The number of hydrogen-bond acceptors (Lipinski definition) is 4. The molecule has 1 aliphatic heterocycles. The summed E-state index contributed by atoms with van der Waals surface area (Å²) in [5.41, 5.74) is 0.422. The highest BCUT2D eigenvalue weighted by molar-refractivity contribution is 7.87. The van der Waals surface area contributed by atoms with E-state index in [1.807, 2.05) is 6.92 Å². The summed E-state index contributed by atoms with van der Waals surface area (Å²) in [4.78, 5) is 38.7. The Hall–Kier alpha value is -2.02. The van der Waals surface area contributed by atoms with Crippen LogP contribution in [0.2, 0.25) is 0 Å². The number of anilines is 1. The minimum atomic E-state index is -1.87. The number of ketones is 1. The molecule has 0 saturated heterocycles. The Balaban J connectivity index is 2.23. The zero-order valence-electron chi connectivity index (χ0n) is 13.2. The topological polar surface area (TPSA) is 83.6 Å². The Kier molecular flexibility index (Phi) is 5.65. The first-order valence-corrected chi connectivity index (χ1v) is 8.86. The number of Topliss-reactive ketones (excluding diaryl/α,β-unsaturated/α-hetero) is 1. The van der Waals surface area contributed by atoms with Crippen LogP contribution in [-0.2, 0) is 25.2 Å². The number of carbonyl (C=O) groups excluding carboxylic acids is 3. The molecule has 1 N–H and O–H groups in total. The molecule has 0 radical (unpaired) electrons. The van der Waals surface area contributed by atoms with E-state index in [2.05, 4.69) is 5.32 Å². The maximum Gasteiger partial charge on any atom is 0.291 e. The fourth-order valence-corrected chi connectivity index (χ4v) is 3.76. The zero-order chi connectivity index (χ0) is 17.0. The van der Waals surface area contributed by atoms with Crippen LogP contribution in [0.15, 0.2) is 29.2 Å². The van der Waals surface area contributed by atoms with Gasteiger partial charge in [0.1, 0.15) is 0 Å². The molecular formula is C16H20N2O4S. The molecular weight excluding hydrogens is 316 g/mol. The number of nitrogens with one attached hydrogen (secondary N) is 1. The van der Waals surface area contributed by atoms with Gasteiger partial charge in [0.15, 0.2) is 5.25 Å². The van der Waals surface area contributed by atoms with Gasteiger partial charge in [0.2, 0.25) is 11.7 Å². The van der Waals surface area contributed by atoms with Gasteiger partial charge in [-0.25, -0.2) is 0 Å². The van der Waals surface area contributed by atoms with E-state index in [1.165, 1.54) is 4.90 Å². The second-order valence-corrected chi connectivity index (χ2v) is 6.77. The third kappa shape index (κ3) is 3.50. The molecule has 0 saturated carbocycles. The summed E-state index contributed by atoms with van der Waals surface area (Å²) in [6.45, 7) is 4.59. The van der Waals surface area contributed by atoms with Gasteiger partial charge in [-0.3, -0.25) is 18.6 Å². The van der Waals surface area contributed by atoms with Gasteiger partial charge >= 0.3 is 0 Å². The van der Waals surface area contributed by atoms with E-state index in [0.29, 0.717) is 23.7 Å². The van der Waals surface area contributed by atoms with Crippen LogP contribution in [-0.4, -0.2) is 45.0 Å². The summed E-state index contributed by atoms with van der Waals surface area (Å²) in [7, 11) is -1.87. The monoisotopic (exact) mass is 336 g/mol. The number of carbonyl (C=O) groups is 3. The fraction of sp³-hybridized carbons (Fsp3) is 0.438. The number of likely N-dealkylation sites (N-methyl/N-ethyl adjacent to an activating group) is 1. The van der Waals surface area contributed by atoms with Gasteiger partial charge < -0.3 is 10.2 Å². The van der Waals surface area contributed by atoms with Crippen molar-refractivity contribution in [2.75, 3.05) is 18.4 Å². The molecule has 2 atom stereocenters. The molecule has 0 aromatic heterocycles. The maximum atomic E-state index is 12.6. The molecule has 1 aromatic carbocycles. The summed E-state index contributed by atoms with van der Waals surface area (Å²) in [6.07, 6.45) is 1.66. The minimum Gasteiger partial charge on any atom is -0.336 e. The fourth-order valence-electron chi connectivity index (χ4n) is 2.40. The van der Waals surface area contributed by atoms with Crippen molar-refractivity contribution in [3.8, 4) is 0 Å². The molecule has 1 aliphatic rings. The average Bonchev–Trinajstić information content (AvgIpc) is 2.55. The van der Waals surface area contributed by atoms with Crippen LogP contribution in [0.3, 0.4) is 0 Å². The van der Waals surface area contributed by atoms with Gasteiger partial charge in [0.05, 0.1) is 21.4 Å². The van der Waals surface area contributed by atoms with Gasteiger partial charge in [-0.05, 0) is 25.5 Å². The predicted molar refractivity (Wildman–Crippen MR) is 87.4 cm³/mol. The summed E-state index contributed by atoms with van der Waals surface area (Å²) < 4.78 is 12.6. The van der Waals surface area contributed by atoms with Crippen LogP contribution in [0.1, 0.15) is 26.7 Å². The second kappa shape index (κ2) is 7.50. The molecule has 1 aromatic rings. The lowest BCUT2D eigenvalue weighted by atomic mass is 10.2. The Morgan fingerprint density at radius 2 is 1.96 bits per heavy atom. The van der Waals surface area contributed by atoms with Crippen molar-refractivity contribution in [1.29, 1.82) is 0 Å². The number of rotatable bonds is 6. The second-order valence-electron chi connectivity index (χ2n) is 5.27. The molecule has 0 spiro atoms. The highest BCUT2D eigenvalue weighted by Gasteiger charge is 2.42. The van der Waals surface area contributed by atoms with Gasteiger partial charge in [-0.15, -0.1) is 0 Å². The SMILES string of the molecule is CCCCN(CC)C(=O)C(=O)[C@H]1C(=O)Nc2ccccc2[S@]1=O. The molecule has 0 fully saturated rings. The van der Waals surface area contributed by atoms with Crippen molar-refractivity contribution < 1.29 is 18.6 Å². The molecule has 6 nitrogen and oxygen atoms in total. The number of benzene rings is 1. The largest absolute Gasteiger partial charge is 0.336 e. The van der Waals surface area contributed by atoms with Crippen LogP contribution < -0.4 is 5.32 Å². The Morgan fingerprint density at radius 1 is 1.26 bits per heavy atom. The van der Waals surface area contributed by atoms with Crippen molar-refractivity contribution in [3.05, 3.63) is 24.3 Å². The van der Waals surface area contributed by atoms with Crippen LogP contribution in [0.5, 0.6) is 0 Å². The predicted octanol–water partition coefficient (Wildman–Crippen LogP) is 1.33. The third-order valence-electron chi connectivity index (χ3n) is 3.71. The first-order valence-electron chi connectivity index (χ1n) is 7.64. The number of unbranched alkanes of at least 4 members (excludes halogenated alkanes) is 1. The van der Waals surface area contributed by atoms with E-state index in [0.717, 1.165) is 12.8 Å². The van der Waals surface area contributed by atoms with Crippen LogP contribution in [0.25, 0.3) is 0 Å². The number of amides is 2. The lowest BCUT2D eigenvalue weighted by Crippen LogP contribution is -2.49. The van der Waals surface area contributed by atoms with E-state index >= 15 is 0 Å². The standard InChI is InChI=1S/C16H20N2O4S/c1-3-5-10-18(4-2)16(21)13(19)14-15(20)17-11-8-6-7-9-12(11)23(14)22/h6-9,14H,3-5,10H2,1-2H3,(H,17,20)/t14-,23+/m0/s1. The molecule has 23 heavy (non-hydrogen) atoms. The molecule has 1 heterocycles. The summed E-state index contributed by atoms with van der Waals surface area (Å²) in [5.74, 6) is -2.34. The van der Waals surface area contributed by atoms with Crippen molar-refractivity contribution in [3.63, 3.8) is 0 Å². The van der Waals surface area contributed by atoms with Crippen molar-refractivity contribution >= 4 is 34.1 Å². The minimum absolute atomic E-state index is 0.370. The average molecular weight is 336 g/mol. The highest BCUT2D eigenvalue weighted by Crippen LogP contribution is 2.27. The number of para-hydroxylation sites is 1. The summed E-state index contributed by atoms with van der Waals surface area (Å²) in [5, 5.41) is 1.07. The third-order valence-corrected chi connectivity index (χ3v) is 5.36. The quantitative estimate of drug-likeness (QED) is 0.627. The van der Waals surface area contributed by atoms with E-state index < -0.39 is 33.6 Å². The van der Waals surface area contributed by atoms with Crippen molar-refractivity contribution in [2.45, 2.75) is 36.8 Å². The Morgan fingerprint density at radius 3 is 2.61 bits per heavy atom. The van der Waals surface area contributed by atoms with Gasteiger partial charge in [-0.2, -0.15) is 0 Å². The van der Waals surface area contributed by atoms with E-state index in [4.69, 9.17) is 0 Å². The molecule has 0 unspecified atom stereocenters. The van der Waals surface area contributed by atoms with Crippen LogP contribution >= 0.6 is 0 Å². The van der Waals surface area contributed by atoms with Gasteiger partial charge in [0, 0.05) is 13.1 Å². The Labute approximate surface area is 137 Å². The smallest absolute Gasteiger partial charge is 0.291 e. The maximum absolute atomic E-state index is 12.6. The normalized spacial score (nSPS) is 19.7. The molecule has 124 valence electrons. The van der Waals surface area contributed by atoms with E-state index in [1.54, 1.807) is 31.2 Å². The lowest BCUT2D eigenvalue weighted by molar-refractivity contribution is -0.145. The zero-order valence-corrected chi connectivity index (χ0v) is 14.0. The van der Waals surface area contributed by atoms with E-state index in [9.17, 15) is 18.6 Å².